The molecule has 2 aromatic carbocycles. The van der Waals surface area contributed by atoms with Crippen LogP contribution in [0.15, 0.2) is 54.9 Å². The topological polar surface area (TPSA) is 98.1 Å². The summed E-state index contributed by atoms with van der Waals surface area (Å²) in [5, 5.41) is 10.0. The summed E-state index contributed by atoms with van der Waals surface area (Å²) < 4.78 is 6.86. The van der Waals surface area contributed by atoms with Crippen molar-refractivity contribution in [3.05, 3.63) is 60.4 Å². The first-order valence-electron chi connectivity index (χ1n) is 8.89. The minimum absolute atomic E-state index is 0.0154. The SMILES string of the molecule is CC(NC(=O)Cn1cnc(-c2ccccc2)n1)c1ccc2c(c1)NC(=O)CO2. The fourth-order valence-electron chi connectivity index (χ4n) is 2.98. The van der Waals surface area contributed by atoms with E-state index in [1.54, 1.807) is 18.5 Å². The van der Waals surface area contributed by atoms with E-state index in [2.05, 4.69) is 20.7 Å². The van der Waals surface area contributed by atoms with Gasteiger partial charge in [0.2, 0.25) is 5.91 Å². The zero-order valence-corrected chi connectivity index (χ0v) is 15.3. The predicted molar refractivity (Wildman–Crippen MR) is 103 cm³/mol. The normalized spacial score (nSPS) is 13.8. The number of benzene rings is 2. The van der Waals surface area contributed by atoms with Gasteiger partial charge < -0.3 is 15.4 Å². The van der Waals surface area contributed by atoms with E-state index in [-0.39, 0.29) is 31.0 Å². The minimum atomic E-state index is -0.242. The van der Waals surface area contributed by atoms with Crippen LogP contribution in [0.2, 0.25) is 0 Å². The Balaban J connectivity index is 1.39. The molecule has 0 saturated carbocycles. The maximum atomic E-state index is 12.4. The number of carbonyl (C=O) groups is 2. The van der Waals surface area contributed by atoms with E-state index in [1.165, 1.54) is 4.68 Å². The maximum Gasteiger partial charge on any atom is 0.262 e. The number of hydrogen-bond acceptors (Lipinski definition) is 5. The van der Waals surface area contributed by atoms with Gasteiger partial charge in [0.15, 0.2) is 12.4 Å². The molecule has 2 amide bonds. The average Bonchev–Trinajstić information content (AvgIpc) is 3.16. The molecule has 0 radical (unpaired) electrons. The van der Waals surface area contributed by atoms with Gasteiger partial charge in [-0.2, -0.15) is 5.10 Å². The van der Waals surface area contributed by atoms with Crippen molar-refractivity contribution < 1.29 is 14.3 Å². The van der Waals surface area contributed by atoms with Crippen molar-refractivity contribution in [3.8, 4) is 17.1 Å². The molecule has 142 valence electrons. The third kappa shape index (κ3) is 3.85. The first-order valence-corrected chi connectivity index (χ1v) is 8.89. The molecule has 2 heterocycles. The number of aromatic nitrogens is 3. The predicted octanol–water partition coefficient (Wildman–Crippen LogP) is 2.15. The molecule has 1 aliphatic rings. The fourth-order valence-corrected chi connectivity index (χ4v) is 2.98. The highest BCUT2D eigenvalue weighted by Crippen LogP contribution is 2.30. The molecule has 8 nitrogen and oxygen atoms in total. The number of fused-ring (bicyclic) bond motifs is 1. The number of ether oxygens (including phenoxy) is 1. The number of amides is 2. The lowest BCUT2D eigenvalue weighted by molar-refractivity contribution is -0.122. The summed E-state index contributed by atoms with van der Waals surface area (Å²) in [6.07, 6.45) is 1.54. The molecule has 2 N–H and O–H groups in total. The summed E-state index contributed by atoms with van der Waals surface area (Å²) >= 11 is 0. The van der Waals surface area contributed by atoms with Crippen LogP contribution >= 0.6 is 0 Å². The first kappa shape index (κ1) is 17.7. The van der Waals surface area contributed by atoms with Crippen LogP contribution in [-0.4, -0.2) is 33.2 Å². The molecule has 4 rings (SSSR count). The van der Waals surface area contributed by atoms with Crippen molar-refractivity contribution in [1.29, 1.82) is 0 Å². The third-order valence-corrected chi connectivity index (χ3v) is 4.39. The van der Waals surface area contributed by atoms with Crippen LogP contribution < -0.4 is 15.4 Å². The summed E-state index contributed by atoms with van der Waals surface area (Å²) in [5.74, 6) is 0.821. The molecule has 0 aliphatic carbocycles. The van der Waals surface area contributed by atoms with E-state index in [0.717, 1.165) is 11.1 Å². The molecule has 0 bridgehead atoms. The van der Waals surface area contributed by atoms with Gasteiger partial charge in [-0.15, -0.1) is 0 Å². The van der Waals surface area contributed by atoms with Gasteiger partial charge in [0.25, 0.3) is 5.91 Å². The number of hydrogen-bond donors (Lipinski definition) is 2. The molecule has 1 aromatic heterocycles. The largest absolute Gasteiger partial charge is 0.482 e. The smallest absolute Gasteiger partial charge is 0.262 e. The third-order valence-electron chi connectivity index (χ3n) is 4.39. The highest BCUT2D eigenvalue weighted by Gasteiger charge is 2.18. The monoisotopic (exact) mass is 377 g/mol. The highest BCUT2D eigenvalue weighted by molar-refractivity contribution is 5.95. The molecule has 3 aromatic rings. The molecule has 0 spiro atoms. The van der Waals surface area contributed by atoms with Crippen LogP contribution in [0.1, 0.15) is 18.5 Å². The molecular formula is C20H19N5O3. The Kier molecular flexibility index (Phi) is 4.76. The van der Waals surface area contributed by atoms with Crippen molar-refractivity contribution in [3.63, 3.8) is 0 Å². The van der Waals surface area contributed by atoms with E-state index >= 15 is 0 Å². The summed E-state index contributed by atoms with van der Waals surface area (Å²) in [4.78, 5) is 28.1. The van der Waals surface area contributed by atoms with Gasteiger partial charge in [-0.1, -0.05) is 36.4 Å². The molecule has 28 heavy (non-hydrogen) atoms. The van der Waals surface area contributed by atoms with Crippen LogP contribution in [0, 0.1) is 0 Å². The first-order chi connectivity index (χ1) is 13.6. The Morgan fingerprint density at radius 3 is 2.93 bits per heavy atom. The van der Waals surface area contributed by atoms with Crippen LogP contribution in [0.3, 0.4) is 0 Å². The van der Waals surface area contributed by atoms with E-state index in [9.17, 15) is 9.59 Å². The van der Waals surface area contributed by atoms with Gasteiger partial charge in [0.1, 0.15) is 18.6 Å². The number of rotatable bonds is 5. The van der Waals surface area contributed by atoms with Crippen LogP contribution in [0.5, 0.6) is 5.75 Å². The summed E-state index contributed by atoms with van der Waals surface area (Å²) in [6, 6.07) is 14.8. The summed E-state index contributed by atoms with van der Waals surface area (Å²) in [6.45, 7) is 1.96. The lowest BCUT2D eigenvalue weighted by Gasteiger charge is -2.21. The van der Waals surface area contributed by atoms with E-state index < -0.39 is 0 Å². The van der Waals surface area contributed by atoms with Gasteiger partial charge in [0, 0.05) is 5.56 Å². The van der Waals surface area contributed by atoms with Gasteiger partial charge in [-0.25, -0.2) is 9.67 Å². The molecule has 1 unspecified atom stereocenters. The zero-order chi connectivity index (χ0) is 19.5. The van der Waals surface area contributed by atoms with E-state index in [4.69, 9.17) is 4.74 Å². The Hall–Kier alpha value is -3.68. The quantitative estimate of drug-likeness (QED) is 0.710. The van der Waals surface area contributed by atoms with Gasteiger partial charge in [-0.3, -0.25) is 9.59 Å². The van der Waals surface area contributed by atoms with Gasteiger partial charge in [-0.05, 0) is 24.6 Å². The fraction of sp³-hybridized carbons (Fsp3) is 0.200. The average molecular weight is 377 g/mol. The maximum absolute atomic E-state index is 12.4. The Morgan fingerprint density at radius 1 is 1.29 bits per heavy atom. The lowest BCUT2D eigenvalue weighted by atomic mass is 10.1. The molecule has 1 atom stereocenters. The number of nitrogens with one attached hydrogen (secondary N) is 2. The van der Waals surface area contributed by atoms with Crippen molar-refractivity contribution in [1.82, 2.24) is 20.1 Å². The molecule has 0 saturated heterocycles. The Morgan fingerprint density at radius 2 is 2.11 bits per heavy atom. The highest BCUT2D eigenvalue weighted by atomic mass is 16.5. The minimum Gasteiger partial charge on any atom is -0.482 e. The van der Waals surface area contributed by atoms with Crippen molar-refractivity contribution in [2.45, 2.75) is 19.5 Å². The van der Waals surface area contributed by atoms with Crippen LogP contribution in [-0.2, 0) is 16.1 Å². The van der Waals surface area contributed by atoms with Gasteiger partial charge >= 0.3 is 0 Å². The number of anilines is 1. The van der Waals surface area contributed by atoms with Crippen LogP contribution in [0.25, 0.3) is 11.4 Å². The molecule has 0 fully saturated rings. The van der Waals surface area contributed by atoms with Crippen molar-refractivity contribution >= 4 is 17.5 Å². The summed E-state index contributed by atoms with van der Waals surface area (Å²) in [7, 11) is 0. The second kappa shape index (κ2) is 7.51. The summed E-state index contributed by atoms with van der Waals surface area (Å²) in [5.41, 5.74) is 2.37. The molecular weight excluding hydrogens is 358 g/mol. The van der Waals surface area contributed by atoms with Crippen LogP contribution in [0.4, 0.5) is 5.69 Å². The standard InChI is InChI=1S/C20H19N5O3/c1-13(15-7-8-17-16(9-15)23-19(27)11-28-17)22-18(26)10-25-12-21-20(24-25)14-5-3-2-4-6-14/h2-9,12-13H,10-11H2,1H3,(H,22,26)(H,23,27). The second-order valence-corrected chi connectivity index (χ2v) is 6.51. The lowest BCUT2D eigenvalue weighted by Crippen LogP contribution is -2.30. The number of carbonyl (C=O) groups excluding carboxylic acids is 2. The number of nitrogens with zero attached hydrogens (tertiary/aromatic N) is 3. The Bertz CT molecular complexity index is 1020. The van der Waals surface area contributed by atoms with Crippen molar-refractivity contribution in [2.24, 2.45) is 0 Å². The second-order valence-electron chi connectivity index (χ2n) is 6.51. The Labute approximate surface area is 161 Å². The van der Waals surface area contributed by atoms with Gasteiger partial charge in [0.05, 0.1) is 11.7 Å². The molecule has 1 aliphatic heterocycles. The van der Waals surface area contributed by atoms with Crippen molar-refractivity contribution in [2.75, 3.05) is 11.9 Å². The molecule has 8 heteroatoms. The zero-order valence-electron chi connectivity index (χ0n) is 15.3. The van der Waals surface area contributed by atoms with E-state index in [0.29, 0.717) is 17.3 Å². The van der Waals surface area contributed by atoms with E-state index in [1.807, 2.05) is 43.3 Å².